The molecule has 0 aliphatic heterocycles. The van der Waals surface area contributed by atoms with E-state index in [1.54, 1.807) is 18.2 Å². The van der Waals surface area contributed by atoms with Crippen LogP contribution >= 0.6 is 23.2 Å². The van der Waals surface area contributed by atoms with Crippen molar-refractivity contribution < 1.29 is 4.52 Å². The molecule has 0 bridgehead atoms. The Bertz CT molecular complexity index is 565. The molecule has 0 amide bonds. The largest absolute Gasteiger partial charge is 0.338 e. The molecular weight excluding hydrogens is 297 g/mol. The molecule has 0 fully saturated rings. The number of halogens is 2. The lowest BCUT2D eigenvalue weighted by atomic mass is 9.82. The summed E-state index contributed by atoms with van der Waals surface area (Å²) in [6.07, 6.45) is 1.69. The Balaban J connectivity index is 2.42. The summed E-state index contributed by atoms with van der Waals surface area (Å²) >= 11 is 12.0. The fourth-order valence-corrected chi connectivity index (χ4v) is 2.69. The van der Waals surface area contributed by atoms with E-state index in [9.17, 15) is 0 Å². The van der Waals surface area contributed by atoms with Crippen molar-refractivity contribution >= 4 is 23.2 Å². The van der Waals surface area contributed by atoms with Crippen LogP contribution in [0.4, 0.5) is 0 Å². The van der Waals surface area contributed by atoms with E-state index in [1.165, 1.54) is 0 Å². The molecule has 2 rings (SSSR count). The topological polar surface area (TPSA) is 64.9 Å². The molecule has 20 heavy (non-hydrogen) atoms. The van der Waals surface area contributed by atoms with Gasteiger partial charge in [0.25, 0.3) is 0 Å². The maximum atomic E-state index is 5.99. The zero-order chi connectivity index (χ0) is 14.8. The van der Waals surface area contributed by atoms with Gasteiger partial charge in [0.2, 0.25) is 11.7 Å². The van der Waals surface area contributed by atoms with Crippen LogP contribution in [0.5, 0.6) is 0 Å². The summed E-state index contributed by atoms with van der Waals surface area (Å²) in [5.41, 5.74) is 6.35. The van der Waals surface area contributed by atoms with E-state index < -0.39 is 0 Å². The first-order valence-corrected chi connectivity index (χ1v) is 7.31. The molecule has 1 heterocycles. The molecule has 0 spiro atoms. The van der Waals surface area contributed by atoms with Crippen LogP contribution < -0.4 is 5.73 Å². The van der Waals surface area contributed by atoms with E-state index in [-0.39, 0.29) is 5.41 Å². The van der Waals surface area contributed by atoms with Gasteiger partial charge in [-0.2, -0.15) is 4.98 Å². The maximum Gasteiger partial charge on any atom is 0.234 e. The van der Waals surface area contributed by atoms with Gasteiger partial charge in [-0.1, -0.05) is 42.2 Å². The van der Waals surface area contributed by atoms with Crippen LogP contribution in [0.2, 0.25) is 10.0 Å². The lowest BCUT2D eigenvalue weighted by molar-refractivity contribution is 0.267. The Morgan fingerprint density at radius 2 is 1.75 bits per heavy atom. The lowest BCUT2D eigenvalue weighted by Gasteiger charge is -2.24. The van der Waals surface area contributed by atoms with Crippen molar-refractivity contribution in [1.82, 2.24) is 10.1 Å². The molecule has 0 aliphatic carbocycles. The summed E-state index contributed by atoms with van der Waals surface area (Å²) in [4.78, 5) is 4.47. The quantitative estimate of drug-likeness (QED) is 0.904. The fourth-order valence-electron chi connectivity index (χ4n) is 2.17. The highest BCUT2D eigenvalue weighted by Crippen LogP contribution is 2.32. The van der Waals surface area contributed by atoms with E-state index in [0.29, 0.717) is 28.3 Å². The Morgan fingerprint density at radius 3 is 2.25 bits per heavy atom. The standard InChI is InChI=1S/C14H17Cl2N3O/c1-3-14(4-2,8-17)13-18-12(19-20-13)9-5-10(15)7-11(16)6-9/h5-7H,3-4,8,17H2,1-2H3. The molecule has 0 saturated heterocycles. The molecule has 108 valence electrons. The number of nitrogens with two attached hydrogens (primary N) is 1. The first kappa shape index (κ1) is 15.3. The number of benzene rings is 1. The van der Waals surface area contributed by atoms with Crippen LogP contribution in [0.1, 0.15) is 32.6 Å². The van der Waals surface area contributed by atoms with E-state index in [2.05, 4.69) is 24.0 Å². The summed E-state index contributed by atoms with van der Waals surface area (Å²) in [6.45, 7) is 4.60. The highest BCUT2D eigenvalue weighted by atomic mass is 35.5. The van der Waals surface area contributed by atoms with Crippen LogP contribution in [-0.4, -0.2) is 16.7 Å². The molecule has 1 aromatic carbocycles. The van der Waals surface area contributed by atoms with Crippen molar-refractivity contribution in [2.75, 3.05) is 6.54 Å². The molecule has 4 nitrogen and oxygen atoms in total. The number of nitrogens with zero attached hydrogens (tertiary/aromatic N) is 2. The normalized spacial score (nSPS) is 11.8. The van der Waals surface area contributed by atoms with Crippen LogP contribution in [0.25, 0.3) is 11.4 Å². The summed E-state index contributed by atoms with van der Waals surface area (Å²) < 4.78 is 5.41. The van der Waals surface area contributed by atoms with Crippen molar-refractivity contribution in [1.29, 1.82) is 0 Å². The van der Waals surface area contributed by atoms with Crippen LogP contribution in [-0.2, 0) is 5.41 Å². The van der Waals surface area contributed by atoms with E-state index in [0.717, 1.165) is 18.4 Å². The lowest BCUT2D eigenvalue weighted by Crippen LogP contribution is -2.34. The second kappa shape index (κ2) is 6.12. The zero-order valence-corrected chi connectivity index (χ0v) is 13.0. The summed E-state index contributed by atoms with van der Waals surface area (Å²) in [5, 5.41) is 5.09. The average molecular weight is 314 g/mol. The molecular formula is C14H17Cl2N3O. The molecule has 2 N–H and O–H groups in total. The number of aromatic nitrogens is 2. The van der Waals surface area contributed by atoms with E-state index in [4.69, 9.17) is 33.5 Å². The van der Waals surface area contributed by atoms with Gasteiger partial charge in [0.15, 0.2) is 0 Å². The minimum Gasteiger partial charge on any atom is -0.338 e. The van der Waals surface area contributed by atoms with Crippen LogP contribution in [0.15, 0.2) is 22.7 Å². The van der Waals surface area contributed by atoms with Gasteiger partial charge in [0, 0.05) is 22.2 Å². The zero-order valence-electron chi connectivity index (χ0n) is 11.5. The monoisotopic (exact) mass is 313 g/mol. The molecule has 0 unspecified atom stereocenters. The third-order valence-electron chi connectivity index (χ3n) is 3.74. The second-order valence-corrected chi connectivity index (χ2v) is 5.65. The number of hydrogen-bond acceptors (Lipinski definition) is 4. The minimum atomic E-state index is -0.270. The maximum absolute atomic E-state index is 5.99. The first-order valence-electron chi connectivity index (χ1n) is 6.55. The molecule has 6 heteroatoms. The molecule has 2 aromatic rings. The van der Waals surface area contributed by atoms with Gasteiger partial charge in [-0.3, -0.25) is 0 Å². The molecule has 0 aliphatic rings. The average Bonchev–Trinajstić information content (AvgIpc) is 2.91. The highest BCUT2D eigenvalue weighted by molar-refractivity contribution is 6.35. The first-order chi connectivity index (χ1) is 9.54. The van der Waals surface area contributed by atoms with Crippen LogP contribution in [0, 0.1) is 0 Å². The Morgan fingerprint density at radius 1 is 1.15 bits per heavy atom. The van der Waals surface area contributed by atoms with Gasteiger partial charge in [-0.25, -0.2) is 0 Å². The minimum absolute atomic E-state index is 0.270. The van der Waals surface area contributed by atoms with Crippen molar-refractivity contribution in [3.8, 4) is 11.4 Å². The highest BCUT2D eigenvalue weighted by Gasteiger charge is 2.33. The van der Waals surface area contributed by atoms with Gasteiger partial charge in [0.1, 0.15) is 0 Å². The third kappa shape index (κ3) is 2.82. The van der Waals surface area contributed by atoms with Gasteiger partial charge < -0.3 is 10.3 Å². The number of hydrogen-bond donors (Lipinski definition) is 1. The van der Waals surface area contributed by atoms with Crippen molar-refractivity contribution in [2.45, 2.75) is 32.1 Å². The van der Waals surface area contributed by atoms with Gasteiger partial charge in [0.05, 0.1) is 5.41 Å². The Hall–Kier alpha value is -1.10. The van der Waals surface area contributed by atoms with Crippen molar-refractivity contribution in [3.05, 3.63) is 34.1 Å². The van der Waals surface area contributed by atoms with E-state index in [1.807, 2.05) is 0 Å². The molecule has 0 radical (unpaired) electrons. The smallest absolute Gasteiger partial charge is 0.234 e. The predicted molar refractivity (Wildman–Crippen MR) is 81.1 cm³/mol. The van der Waals surface area contributed by atoms with E-state index >= 15 is 0 Å². The summed E-state index contributed by atoms with van der Waals surface area (Å²) in [7, 11) is 0. The Kier molecular flexibility index (Phi) is 4.68. The van der Waals surface area contributed by atoms with Crippen molar-refractivity contribution in [2.24, 2.45) is 5.73 Å². The SMILES string of the molecule is CCC(CC)(CN)c1nc(-c2cc(Cl)cc(Cl)c2)no1. The molecule has 1 aromatic heterocycles. The predicted octanol–water partition coefficient (Wildman–Crippen LogP) is 4.06. The summed E-state index contributed by atoms with van der Waals surface area (Å²) in [6, 6.07) is 5.17. The van der Waals surface area contributed by atoms with Gasteiger partial charge >= 0.3 is 0 Å². The van der Waals surface area contributed by atoms with Gasteiger partial charge in [-0.05, 0) is 31.0 Å². The van der Waals surface area contributed by atoms with Crippen molar-refractivity contribution in [3.63, 3.8) is 0 Å². The second-order valence-electron chi connectivity index (χ2n) is 4.77. The van der Waals surface area contributed by atoms with Gasteiger partial charge in [-0.15, -0.1) is 0 Å². The summed E-state index contributed by atoms with van der Waals surface area (Å²) in [5.74, 6) is 1.04. The van der Waals surface area contributed by atoms with Crippen LogP contribution in [0.3, 0.4) is 0 Å². The Labute approximate surface area is 128 Å². The third-order valence-corrected chi connectivity index (χ3v) is 4.18. The molecule has 0 atom stereocenters. The fraction of sp³-hybridized carbons (Fsp3) is 0.429. The molecule has 0 saturated carbocycles. The number of rotatable bonds is 5.